The average Bonchev–Trinajstić information content (AvgIpc) is 2.59. The first-order valence-electron chi connectivity index (χ1n) is 8.16. The molecule has 26 heavy (non-hydrogen) atoms. The molecule has 3 N–H and O–H groups in total. The van der Waals surface area contributed by atoms with Crippen LogP contribution in [0.15, 0.2) is 54.6 Å². The topological polar surface area (TPSA) is 98.9 Å². The Kier molecular flexibility index (Phi) is 5.67. The zero-order valence-electron chi connectivity index (χ0n) is 15.1. The van der Waals surface area contributed by atoms with Gasteiger partial charge in [0.1, 0.15) is 18.0 Å². The predicted octanol–water partition coefficient (Wildman–Crippen LogP) is 2.63. The van der Waals surface area contributed by atoms with E-state index in [-0.39, 0.29) is 17.9 Å². The third-order valence-corrected chi connectivity index (χ3v) is 3.58. The molecule has 0 radical (unpaired) electrons. The Bertz CT molecular complexity index is 765. The fourth-order valence-electron chi connectivity index (χ4n) is 2.24. The molecule has 2 rings (SSSR count). The number of phenolic OH excluding ortho intramolecular Hbond substituents is 1. The van der Waals surface area contributed by atoms with Gasteiger partial charge >= 0.3 is 11.9 Å². The summed E-state index contributed by atoms with van der Waals surface area (Å²) in [4.78, 5) is 25.4. The number of hydrogen-bond donors (Lipinski definition) is 2. The van der Waals surface area contributed by atoms with Crippen molar-refractivity contribution in [2.75, 3.05) is 0 Å². The van der Waals surface area contributed by atoms with Crippen molar-refractivity contribution in [3.05, 3.63) is 65.7 Å². The van der Waals surface area contributed by atoms with Crippen molar-refractivity contribution < 1.29 is 24.2 Å². The molecule has 0 aliphatic rings. The number of nitrogens with two attached hydrogens (primary N) is 1. The van der Waals surface area contributed by atoms with Crippen molar-refractivity contribution in [3.63, 3.8) is 0 Å². The summed E-state index contributed by atoms with van der Waals surface area (Å²) < 4.78 is 10.6. The van der Waals surface area contributed by atoms with Crippen molar-refractivity contribution in [1.82, 2.24) is 0 Å². The number of carbonyl (C=O) groups excluding carboxylic acids is 2. The normalized spacial score (nSPS) is 13.5. The third-order valence-electron chi connectivity index (χ3n) is 3.58. The maximum Gasteiger partial charge on any atom is 0.343 e. The molecule has 0 aliphatic carbocycles. The second-order valence-corrected chi connectivity index (χ2v) is 6.92. The summed E-state index contributed by atoms with van der Waals surface area (Å²) >= 11 is 0. The predicted molar refractivity (Wildman–Crippen MR) is 96.1 cm³/mol. The Morgan fingerprint density at radius 2 is 1.54 bits per heavy atom. The minimum atomic E-state index is -2.14. The van der Waals surface area contributed by atoms with Crippen molar-refractivity contribution in [2.24, 2.45) is 5.73 Å². The van der Waals surface area contributed by atoms with Gasteiger partial charge in [-0.3, -0.25) is 0 Å². The molecule has 0 aromatic heterocycles. The van der Waals surface area contributed by atoms with Crippen LogP contribution in [0.3, 0.4) is 0 Å². The molecule has 6 nitrogen and oxygen atoms in total. The fraction of sp³-hybridized carbons (Fsp3) is 0.300. The Morgan fingerprint density at radius 1 is 0.962 bits per heavy atom. The summed E-state index contributed by atoms with van der Waals surface area (Å²) in [5.74, 6) is -1.87. The molecular formula is C20H23NO5. The molecule has 0 spiro atoms. The number of hydrogen-bond acceptors (Lipinski definition) is 6. The first kappa shape index (κ1) is 19.5. The van der Waals surface area contributed by atoms with Crippen molar-refractivity contribution in [1.29, 1.82) is 0 Å². The molecule has 2 aromatic carbocycles. The van der Waals surface area contributed by atoms with E-state index in [1.165, 1.54) is 24.3 Å². The van der Waals surface area contributed by atoms with Crippen LogP contribution in [0.4, 0.5) is 0 Å². The highest BCUT2D eigenvalue weighted by atomic mass is 16.6. The Hall–Kier alpha value is -2.86. The van der Waals surface area contributed by atoms with E-state index in [4.69, 9.17) is 15.2 Å². The molecule has 0 fully saturated rings. The lowest BCUT2D eigenvalue weighted by Crippen LogP contribution is -2.55. The maximum absolute atomic E-state index is 12.7. The number of esters is 2. The summed E-state index contributed by atoms with van der Waals surface area (Å²) in [7, 11) is 0. The molecular weight excluding hydrogens is 334 g/mol. The summed E-state index contributed by atoms with van der Waals surface area (Å²) in [5.41, 5.74) is 4.15. The van der Waals surface area contributed by atoms with Gasteiger partial charge in [0, 0.05) is 0 Å². The Labute approximate surface area is 152 Å². The molecule has 0 unspecified atom stereocenters. The second-order valence-electron chi connectivity index (χ2n) is 6.92. The van der Waals surface area contributed by atoms with Crippen molar-refractivity contribution in [3.8, 4) is 5.75 Å². The van der Waals surface area contributed by atoms with E-state index in [2.05, 4.69) is 0 Å². The second kappa shape index (κ2) is 7.58. The molecule has 0 saturated carbocycles. The monoisotopic (exact) mass is 357 g/mol. The number of phenols is 1. The lowest BCUT2D eigenvalue weighted by Gasteiger charge is -2.30. The van der Waals surface area contributed by atoms with Crippen molar-refractivity contribution in [2.45, 2.75) is 38.5 Å². The van der Waals surface area contributed by atoms with Gasteiger partial charge in [0.2, 0.25) is 5.54 Å². The smallest absolute Gasteiger partial charge is 0.343 e. The highest BCUT2D eigenvalue weighted by Gasteiger charge is 2.48. The van der Waals surface area contributed by atoms with Gasteiger partial charge in [0.15, 0.2) is 0 Å². The Balaban J connectivity index is 2.31. The molecule has 138 valence electrons. The number of carbonyl (C=O) groups is 2. The van der Waals surface area contributed by atoms with Crippen LogP contribution in [0.2, 0.25) is 0 Å². The lowest BCUT2D eigenvalue weighted by molar-refractivity contribution is -0.173. The van der Waals surface area contributed by atoms with E-state index >= 15 is 0 Å². The van der Waals surface area contributed by atoms with Crippen LogP contribution in [-0.2, 0) is 31.2 Å². The highest BCUT2D eigenvalue weighted by Crippen LogP contribution is 2.26. The largest absolute Gasteiger partial charge is 0.508 e. The van der Waals surface area contributed by atoms with Gasteiger partial charge in [-0.1, -0.05) is 42.5 Å². The number of aromatic hydroxyl groups is 1. The van der Waals surface area contributed by atoms with Crippen molar-refractivity contribution >= 4 is 11.9 Å². The first-order chi connectivity index (χ1) is 12.1. The third kappa shape index (κ3) is 4.61. The van der Waals surface area contributed by atoms with E-state index in [1.54, 1.807) is 32.9 Å². The summed E-state index contributed by atoms with van der Waals surface area (Å²) in [6.07, 6.45) is 0. The van der Waals surface area contributed by atoms with Crippen LogP contribution in [0.1, 0.15) is 31.9 Å². The van der Waals surface area contributed by atoms with Crippen LogP contribution in [-0.4, -0.2) is 22.6 Å². The SMILES string of the molecule is CC(C)(C)OC(=O)[C@](N)(C(=O)OCc1ccccc1)c1ccc(O)cc1. The summed E-state index contributed by atoms with van der Waals surface area (Å²) in [6.45, 7) is 5.01. The summed E-state index contributed by atoms with van der Waals surface area (Å²) in [5, 5.41) is 9.46. The van der Waals surface area contributed by atoms with Gasteiger partial charge in [-0.05, 0) is 44.0 Å². The molecule has 1 atom stereocenters. The van der Waals surface area contributed by atoms with Gasteiger partial charge in [-0.2, -0.15) is 0 Å². The molecule has 0 aliphatic heterocycles. The van der Waals surface area contributed by atoms with Crippen LogP contribution in [0.25, 0.3) is 0 Å². The maximum atomic E-state index is 12.7. The van der Waals surface area contributed by atoms with Crippen LogP contribution in [0, 0.1) is 0 Å². The van der Waals surface area contributed by atoms with Crippen LogP contribution in [0.5, 0.6) is 5.75 Å². The fourth-order valence-corrected chi connectivity index (χ4v) is 2.24. The minimum Gasteiger partial charge on any atom is -0.508 e. The first-order valence-corrected chi connectivity index (χ1v) is 8.16. The van der Waals surface area contributed by atoms with Gasteiger partial charge in [0.05, 0.1) is 0 Å². The lowest BCUT2D eigenvalue weighted by atomic mass is 9.90. The van der Waals surface area contributed by atoms with Gasteiger partial charge in [0.25, 0.3) is 0 Å². The zero-order valence-corrected chi connectivity index (χ0v) is 15.1. The van der Waals surface area contributed by atoms with E-state index in [9.17, 15) is 14.7 Å². The van der Waals surface area contributed by atoms with E-state index in [0.717, 1.165) is 5.56 Å². The molecule has 6 heteroatoms. The number of rotatable bonds is 5. The zero-order chi connectivity index (χ0) is 19.4. The average molecular weight is 357 g/mol. The molecule has 2 aromatic rings. The molecule has 0 amide bonds. The number of ether oxygens (including phenoxy) is 2. The van der Waals surface area contributed by atoms with Crippen LogP contribution < -0.4 is 5.73 Å². The molecule has 0 heterocycles. The quantitative estimate of drug-likeness (QED) is 0.630. The van der Waals surface area contributed by atoms with E-state index in [0.29, 0.717) is 0 Å². The number of benzene rings is 2. The summed E-state index contributed by atoms with van der Waals surface area (Å²) in [6, 6.07) is 14.5. The standard InChI is InChI=1S/C20H23NO5/c1-19(2,3)26-18(24)20(21,15-9-11-16(22)12-10-15)17(23)25-13-14-7-5-4-6-8-14/h4-12,22H,13,21H2,1-3H3/t20-/m1/s1. The van der Waals surface area contributed by atoms with Gasteiger partial charge in [-0.25, -0.2) is 9.59 Å². The molecule has 0 saturated heterocycles. The van der Waals surface area contributed by atoms with E-state index in [1.807, 2.05) is 18.2 Å². The molecule has 0 bridgehead atoms. The van der Waals surface area contributed by atoms with Crippen LogP contribution >= 0.6 is 0 Å². The highest BCUT2D eigenvalue weighted by molar-refractivity contribution is 6.05. The minimum absolute atomic E-state index is 0.0158. The van der Waals surface area contributed by atoms with Gasteiger partial charge < -0.3 is 20.3 Å². The van der Waals surface area contributed by atoms with Gasteiger partial charge in [-0.15, -0.1) is 0 Å². The Morgan fingerprint density at radius 3 is 2.08 bits per heavy atom. The van der Waals surface area contributed by atoms with E-state index < -0.39 is 23.1 Å².